The summed E-state index contributed by atoms with van der Waals surface area (Å²) in [5, 5.41) is 12.4. The Morgan fingerprint density at radius 2 is 1.94 bits per heavy atom. The molecule has 0 saturated heterocycles. The topological polar surface area (TPSA) is 62.1 Å². The molecule has 4 nitrogen and oxygen atoms in total. The lowest BCUT2D eigenvalue weighted by molar-refractivity contribution is -0.112. The summed E-state index contributed by atoms with van der Waals surface area (Å²) in [6.45, 7) is 3.89. The summed E-state index contributed by atoms with van der Waals surface area (Å²) in [7, 11) is 1.56. The minimum atomic E-state index is -0.473. The summed E-state index contributed by atoms with van der Waals surface area (Å²) in [5.74, 6) is -0.150. The zero-order chi connectivity index (χ0) is 23.3. The van der Waals surface area contributed by atoms with Gasteiger partial charge in [-0.3, -0.25) is 4.79 Å². The van der Waals surface area contributed by atoms with E-state index >= 15 is 0 Å². The molecule has 0 aliphatic heterocycles. The molecule has 1 N–H and O–H groups in total. The van der Waals surface area contributed by atoms with Gasteiger partial charge >= 0.3 is 0 Å². The Hall–Kier alpha value is -3.18. The average molecular weight is 540 g/mol. The summed E-state index contributed by atoms with van der Waals surface area (Å²) in [5.41, 5.74) is 5.08. The zero-order valence-corrected chi connectivity index (χ0v) is 20.2. The number of nitrogens with zero attached hydrogens (tertiary/aromatic N) is 1. The highest BCUT2D eigenvalue weighted by Gasteiger charge is 2.14. The van der Waals surface area contributed by atoms with Gasteiger partial charge in [0.2, 0.25) is 0 Å². The zero-order valence-electron chi connectivity index (χ0n) is 18.0. The number of amides is 1. The number of anilines is 1. The van der Waals surface area contributed by atoms with Gasteiger partial charge in [0.15, 0.2) is 0 Å². The van der Waals surface area contributed by atoms with E-state index in [0.29, 0.717) is 23.4 Å². The Labute approximate surface area is 200 Å². The van der Waals surface area contributed by atoms with Crippen LogP contribution in [-0.2, 0) is 11.2 Å². The van der Waals surface area contributed by atoms with Crippen molar-refractivity contribution in [3.63, 3.8) is 0 Å². The highest BCUT2D eigenvalue weighted by atomic mass is 127. The van der Waals surface area contributed by atoms with Gasteiger partial charge in [-0.25, -0.2) is 4.39 Å². The fourth-order valence-electron chi connectivity index (χ4n) is 3.31. The van der Waals surface area contributed by atoms with Crippen LogP contribution in [0.5, 0.6) is 5.75 Å². The number of nitrogens with one attached hydrogen (secondary N) is 1. The van der Waals surface area contributed by atoms with E-state index in [1.807, 2.05) is 50.2 Å². The minimum Gasteiger partial charge on any atom is -0.496 e. The van der Waals surface area contributed by atoms with Crippen LogP contribution < -0.4 is 10.1 Å². The highest BCUT2D eigenvalue weighted by molar-refractivity contribution is 14.1. The second-order valence-electron chi connectivity index (χ2n) is 7.36. The third-order valence-corrected chi connectivity index (χ3v) is 6.16. The standard InChI is InChI=1S/C26H22FIN2O2/c1-16-6-4-9-24(17(16)2)30-26(31)20(15-29)10-19-13-23(28)22(25(14-19)32-3)12-18-7-5-8-21(27)11-18/h4-11,13-14H,12H2,1-3H3,(H,30,31)/b20-10+. The normalized spacial score (nSPS) is 11.1. The van der Waals surface area contributed by atoms with Crippen molar-refractivity contribution in [3.05, 3.63) is 97.4 Å². The first-order valence-corrected chi connectivity index (χ1v) is 11.0. The Morgan fingerprint density at radius 1 is 1.19 bits per heavy atom. The van der Waals surface area contributed by atoms with Crippen LogP contribution in [0.15, 0.2) is 60.2 Å². The molecule has 3 aromatic carbocycles. The largest absolute Gasteiger partial charge is 0.496 e. The van der Waals surface area contributed by atoms with Crippen LogP contribution in [0.25, 0.3) is 6.08 Å². The first-order chi connectivity index (χ1) is 15.3. The van der Waals surface area contributed by atoms with Crippen LogP contribution in [0.1, 0.15) is 27.8 Å². The molecule has 0 heterocycles. The second kappa shape index (κ2) is 10.4. The number of carbonyl (C=O) groups excluding carboxylic acids is 1. The minimum absolute atomic E-state index is 0.0124. The van der Waals surface area contributed by atoms with E-state index in [0.717, 1.165) is 25.8 Å². The van der Waals surface area contributed by atoms with Crippen molar-refractivity contribution < 1.29 is 13.9 Å². The number of carbonyl (C=O) groups is 1. The maximum atomic E-state index is 13.6. The van der Waals surface area contributed by atoms with Gasteiger partial charge in [-0.15, -0.1) is 0 Å². The lowest BCUT2D eigenvalue weighted by atomic mass is 10.0. The van der Waals surface area contributed by atoms with E-state index in [1.54, 1.807) is 19.2 Å². The molecule has 0 aliphatic carbocycles. The van der Waals surface area contributed by atoms with Crippen LogP contribution >= 0.6 is 22.6 Å². The third kappa shape index (κ3) is 5.54. The van der Waals surface area contributed by atoms with Crippen molar-refractivity contribution in [1.29, 1.82) is 5.26 Å². The molecule has 162 valence electrons. The van der Waals surface area contributed by atoms with Crippen LogP contribution in [0.2, 0.25) is 0 Å². The Kier molecular flexibility index (Phi) is 7.65. The van der Waals surface area contributed by atoms with Gasteiger partial charge in [0.1, 0.15) is 23.2 Å². The van der Waals surface area contributed by atoms with E-state index < -0.39 is 5.91 Å². The molecule has 32 heavy (non-hydrogen) atoms. The predicted octanol–water partition coefficient (Wildman–Crippen LogP) is 6.19. The SMILES string of the molecule is COc1cc(/C=C(\C#N)C(=O)Nc2cccc(C)c2C)cc(I)c1Cc1cccc(F)c1. The number of hydrogen-bond donors (Lipinski definition) is 1. The molecule has 0 aromatic heterocycles. The number of aryl methyl sites for hydroxylation is 1. The summed E-state index contributed by atoms with van der Waals surface area (Å²) in [6.07, 6.45) is 2.04. The van der Waals surface area contributed by atoms with Crippen LogP contribution in [0, 0.1) is 34.6 Å². The maximum Gasteiger partial charge on any atom is 0.266 e. The Balaban J connectivity index is 1.90. The quantitative estimate of drug-likeness (QED) is 0.230. The monoisotopic (exact) mass is 540 g/mol. The molecule has 1 amide bonds. The molecule has 0 bridgehead atoms. The summed E-state index contributed by atoms with van der Waals surface area (Å²) >= 11 is 2.19. The number of nitriles is 1. The molecular weight excluding hydrogens is 518 g/mol. The lowest BCUT2D eigenvalue weighted by Gasteiger charge is -2.13. The van der Waals surface area contributed by atoms with E-state index in [-0.39, 0.29) is 11.4 Å². The Bertz CT molecular complexity index is 1250. The van der Waals surface area contributed by atoms with Gasteiger partial charge in [-0.05, 0) is 95.1 Å². The summed E-state index contributed by atoms with van der Waals surface area (Å²) in [6, 6.07) is 17.7. The molecule has 0 saturated carbocycles. The summed E-state index contributed by atoms with van der Waals surface area (Å²) in [4.78, 5) is 12.7. The second-order valence-corrected chi connectivity index (χ2v) is 8.52. The van der Waals surface area contributed by atoms with Crippen LogP contribution in [-0.4, -0.2) is 13.0 Å². The van der Waals surface area contributed by atoms with Crippen molar-refractivity contribution in [3.8, 4) is 11.8 Å². The molecule has 0 spiro atoms. The Morgan fingerprint density at radius 3 is 2.62 bits per heavy atom. The van der Waals surface area contributed by atoms with E-state index in [9.17, 15) is 14.4 Å². The molecule has 0 atom stereocenters. The number of ether oxygens (including phenoxy) is 1. The van der Waals surface area contributed by atoms with E-state index in [2.05, 4.69) is 27.9 Å². The highest BCUT2D eigenvalue weighted by Crippen LogP contribution is 2.30. The fraction of sp³-hybridized carbons (Fsp3) is 0.154. The van der Waals surface area contributed by atoms with Crippen molar-refractivity contribution in [2.45, 2.75) is 20.3 Å². The van der Waals surface area contributed by atoms with Gasteiger partial charge < -0.3 is 10.1 Å². The molecule has 6 heteroatoms. The molecule has 0 unspecified atom stereocenters. The van der Waals surface area contributed by atoms with Gasteiger partial charge in [0, 0.05) is 21.2 Å². The van der Waals surface area contributed by atoms with Gasteiger partial charge in [0.25, 0.3) is 5.91 Å². The smallest absolute Gasteiger partial charge is 0.266 e. The van der Waals surface area contributed by atoms with Crippen LogP contribution in [0.4, 0.5) is 10.1 Å². The summed E-state index contributed by atoms with van der Waals surface area (Å²) < 4.78 is 20.0. The predicted molar refractivity (Wildman–Crippen MR) is 133 cm³/mol. The van der Waals surface area contributed by atoms with E-state index in [1.165, 1.54) is 18.2 Å². The molecule has 0 fully saturated rings. The van der Waals surface area contributed by atoms with Gasteiger partial charge in [-0.2, -0.15) is 5.26 Å². The first kappa shape index (κ1) is 23.5. The van der Waals surface area contributed by atoms with Crippen molar-refractivity contribution in [1.82, 2.24) is 0 Å². The first-order valence-electron chi connectivity index (χ1n) is 9.92. The van der Waals surface area contributed by atoms with Gasteiger partial charge in [0.05, 0.1) is 7.11 Å². The molecule has 3 rings (SSSR count). The van der Waals surface area contributed by atoms with Crippen LogP contribution in [0.3, 0.4) is 0 Å². The van der Waals surface area contributed by atoms with Crippen molar-refractivity contribution in [2.75, 3.05) is 12.4 Å². The molecule has 0 aliphatic rings. The maximum absolute atomic E-state index is 13.6. The molecule has 3 aromatic rings. The van der Waals surface area contributed by atoms with Crippen molar-refractivity contribution >= 4 is 40.3 Å². The molecular formula is C26H22FIN2O2. The number of rotatable bonds is 6. The number of methoxy groups -OCH3 is 1. The fourth-order valence-corrected chi connectivity index (χ4v) is 4.13. The number of hydrogen-bond acceptors (Lipinski definition) is 3. The number of benzene rings is 3. The average Bonchev–Trinajstić information content (AvgIpc) is 2.76. The van der Waals surface area contributed by atoms with E-state index in [4.69, 9.17) is 4.74 Å². The number of halogens is 2. The third-order valence-electron chi connectivity index (χ3n) is 5.20. The van der Waals surface area contributed by atoms with Crippen molar-refractivity contribution in [2.24, 2.45) is 0 Å². The lowest BCUT2D eigenvalue weighted by Crippen LogP contribution is -2.14. The molecule has 0 radical (unpaired) electrons. The van der Waals surface area contributed by atoms with Gasteiger partial charge in [-0.1, -0.05) is 24.3 Å².